The van der Waals surface area contributed by atoms with Crippen molar-refractivity contribution < 1.29 is 13.2 Å². The number of anilines is 1. The second kappa shape index (κ2) is 7.26. The van der Waals surface area contributed by atoms with Gasteiger partial charge < -0.3 is 0 Å². The molecule has 0 unspecified atom stereocenters. The summed E-state index contributed by atoms with van der Waals surface area (Å²) < 4.78 is 23.2. The SMILES string of the molecule is CS(=O)(=O)c1ccc(/C(=C\c2cncs2)C(=O)Nc2nccs2)cc1. The van der Waals surface area contributed by atoms with E-state index in [1.807, 2.05) is 0 Å². The number of amides is 1. The van der Waals surface area contributed by atoms with Crippen molar-refractivity contribution >= 4 is 55.2 Å². The van der Waals surface area contributed by atoms with Crippen LogP contribution in [0.1, 0.15) is 10.4 Å². The minimum absolute atomic E-state index is 0.203. The quantitative estimate of drug-likeness (QED) is 0.675. The molecule has 6 nitrogen and oxygen atoms in total. The van der Waals surface area contributed by atoms with Crippen LogP contribution in [-0.2, 0) is 14.6 Å². The van der Waals surface area contributed by atoms with Gasteiger partial charge in [-0.25, -0.2) is 13.4 Å². The average molecular weight is 391 g/mol. The lowest BCUT2D eigenvalue weighted by Crippen LogP contribution is -2.13. The first kappa shape index (κ1) is 17.5. The molecule has 0 spiro atoms. The van der Waals surface area contributed by atoms with Crippen molar-refractivity contribution in [3.8, 4) is 0 Å². The number of benzene rings is 1. The number of nitrogens with one attached hydrogen (secondary N) is 1. The summed E-state index contributed by atoms with van der Waals surface area (Å²) in [5.74, 6) is -0.324. The second-order valence-electron chi connectivity index (χ2n) is 5.05. The highest BCUT2D eigenvalue weighted by atomic mass is 32.2. The summed E-state index contributed by atoms with van der Waals surface area (Å²) in [4.78, 5) is 21.7. The van der Waals surface area contributed by atoms with E-state index >= 15 is 0 Å². The summed E-state index contributed by atoms with van der Waals surface area (Å²) in [6.07, 6.45) is 6.13. The van der Waals surface area contributed by atoms with Crippen molar-refractivity contribution in [1.29, 1.82) is 0 Å². The summed E-state index contributed by atoms with van der Waals surface area (Å²) in [7, 11) is -3.29. The van der Waals surface area contributed by atoms with Crippen molar-refractivity contribution in [2.75, 3.05) is 11.6 Å². The Morgan fingerprint density at radius 3 is 2.52 bits per heavy atom. The Bertz CT molecular complexity index is 991. The standard InChI is InChI=1S/C16H13N3O3S3/c1-25(21,22)13-4-2-11(3-5-13)14(8-12-9-17-10-24-12)15(20)19-16-18-6-7-23-16/h2-10H,1H3,(H,18,19,20)/b14-8+. The third-order valence-corrected chi connectivity index (χ3v) is 5.77. The predicted molar refractivity (Wildman–Crippen MR) is 100 cm³/mol. The summed E-state index contributed by atoms with van der Waals surface area (Å²) in [5, 5.41) is 5.00. The molecule has 2 heterocycles. The molecule has 128 valence electrons. The maximum absolute atomic E-state index is 12.7. The second-order valence-corrected chi connectivity index (χ2v) is 8.88. The third-order valence-electron chi connectivity index (χ3n) is 3.23. The molecule has 0 aliphatic rings. The lowest BCUT2D eigenvalue weighted by atomic mass is 10.0. The maximum atomic E-state index is 12.7. The fourth-order valence-electron chi connectivity index (χ4n) is 2.05. The van der Waals surface area contributed by atoms with E-state index < -0.39 is 9.84 Å². The summed E-state index contributed by atoms with van der Waals surface area (Å²) >= 11 is 2.72. The van der Waals surface area contributed by atoms with Gasteiger partial charge >= 0.3 is 0 Å². The van der Waals surface area contributed by atoms with Crippen LogP contribution in [0.3, 0.4) is 0 Å². The van der Waals surface area contributed by atoms with Gasteiger partial charge in [0.15, 0.2) is 15.0 Å². The molecule has 0 saturated carbocycles. The van der Waals surface area contributed by atoms with Crippen LogP contribution in [-0.4, -0.2) is 30.5 Å². The van der Waals surface area contributed by atoms with Crippen molar-refractivity contribution in [2.45, 2.75) is 4.90 Å². The van der Waals surface area contributed by atoms with Crippen molar-refractivity contribution in [1.82, 2.24) is 9.97 Å². The van der Waals surface area contributed by atoms with Gasteiger partial charge in [-0.05, 0) is 23.8 Å². The van der Waals surface area contributed by atoms with E-state index in [1.165, 1.54) is 34.8 Å². The fourth-order valence-corrected chi connectivity index (χ4v) is 3.76. The van der Waals surface area contributed by atoms with Gasteiger partial charge in [-0.1, -0.05) is 12.1 Å². The third kappa shape index (κ3) is 4.38. The highest BCUT2D eigenvalue weighted by Gasteiger charge is 2.15. The number of carbonyl (C=O) groups is 1. The average Bonchev–Trinajstić information content (AvgIpc) is 3.25. The first-order valence-corrected chi connectivity index (χ1v) is 10.7. The van der Waals surface area contributed by atoms with Crippen LogP contribution in [0.4, 0.5) is 5.13 Å². The fraction of sp³-hybridized carbons (Fsp3) is 0.0625. The lowest BCUT2D eigenvalue weighted by molar-refractivity contribution is -0.111. The van der Waals surface area contributed by atoms with Gasteiger partial charge in [0.1, 0.15) is 0 Å². The number of hydrogen-bond donors (Lipinski definition) is 1. The zero-order valence-electron chi connectivity index (χ0n) is 13.0. The minimum Gasteiger partial charge on any atom is -0.298 e. The Morgan fingerprint density at radius 1 is 1.20 bits per heavy atom. The highest BCUT2D eigenvalue weighted by Crippen LogP contribution is 2.24. The van der Waals surface area contributed by atoms with Crippen molar-refractivity contribution in [2.24, 2.45) is 0 Å². The van der Waals surface area contributed by atoms with Crippen molar-refractivity contribution in [3.05, 3.63) is 58.0 Å². The summed E-state index contributed by atoms with van der Waals surface area (Å²) in [5.41, 5.74) is 2.68. The number of sulfone groups is 1. The number of hydrogen-bond acceptors (Lipinski definition) is 7. The van der Waals surface area contributed by atoms with E-state index in [2.05, 4.69) is 15.3 Å². The molecule has 9 heteroatoms. The van der Waals surface area contributed by atoms with E-state index in [1.54, 1.807) is 41.5 Å². The van der Waals surface area contributed by atoms with E-state index in [4.69, 9.17) is 0 Å². The van der Waals surface area contributed by atoms with Crippen LogP contribution in [0.25, 0.3) is 11.6 Å². The Balaban J connectivity index is 1.98. The molecule has 2 aromatic heterocycles. The molecule has 1 amide bonds. The maximum Gasteiger partial charge on any atom is 0.258 e. The predicted octanol–water partition coefficient (Wildman–Crippen LogP) is 3.18. The molecule has 0 radical (unpaired) electrons. The highest BCUT2D eigenvalue weighted by molar-refractivity contribution is 7.90. The first-order valence-electron chi connectivity index (χ1n) is 7.05. The van der Waals surface area contributed by atoms with E-state index in [0.717, 1.165) is 11.1 Å². The van der Waals surface area contributed by atoms with Gasteiger partial charge in [-0.15, -0.1) is 22.7 Å². The van der Waals surface area contributed by atoms with Crippen molar-refractivity contribution in [3.63, 3.8) is 0 Å². The minimum atomic E-state index is -3.29. The van der Waals surface area contributed by atoms with Gasteiger partial charge in [0.05, 0.1) is 10.4 Å². The smallest absolute Gasteiger partial charge is 0.258 e. The number of carbonyl (C=O) groups excluding carboxylic acids is 1. The van der Waals surface area contributed by atoms with Gasteiger partial charge in [0, 0.05) is 34.5 Å². The van der Waals surface area contributed by atoms with Gasteiger partial charge in [0.25, 0.3) is 5.91 Å². The molecule has 0 fully saturated rings. The van der Waals surface area contributed by atoms with E-state index in [0.29, 0.717) is 16.3 Å². The monoisotopic (exact) mass is 391 g/mol. The molecule has 25 heavy (non-hydrogen) atoms. The topological polar surface area (TPSA) is 89.0 Å². The molecule has 0 aliphatic heterocycles. The van der Waals surface area contributed by atoms with Gasteiger partial charge in [-0.2, -0.15) is 0 Å². The Hall–Kier alpha value is -2.36. The van der Waals surface area contributed by atoms with E-state index in [-0.39, 0.29) is 10.8 Å². The molecular weight excluding hydrogens is 378 g/mol. The summed E-state index contributed by atoms with van der Waals surface area (Å²) in [6, 6.07) is 6.21. The normalized spacial score (nSPS) is 12.1. The molecule has 0 saturated heterocycles. The van der Waals surface area contributed by atoms with Crippen LogP contribution < -0.4 is 5.32 Å². The van der Waals surface area contributed by atoms with Crippen LogP contribution in [0.5, 0.6) is 0 Å². The number of nitrogens with zero attached hydrogens (tertiary/aromatic N) is 2. The molecule has 0 atom stereocenters. The Labute approximate surface area is 152 Å². The summed E-state index contributed by atoms with van der Waals surface area (Å²) in [6.45, 7) is 0. The number of rotatable bonds is 5. The zero-order valence-corrected chi connectivity index (χ0v) is 15.5. The van der Waals surface area contributed by atoms with Crippen LogP contribution >= 0.6 is 22.7 Å². The van der Waals surface area contributed by atoms with Crippen LogP contribution in [0, 0.1) is 0 Å². The molecule has 3 aromatic rings. The van der Waals surface area contributed by atoms with Gasteiger partial charge in [-0.3, -0.25) is 15.1 Å². The van der Waals surface area contributed by atoms with Crippen LogP contribution in [0.2, 0.25) is 0 Å². The van der Waals surface area contributed by atoms with Crippen LogP contribution in [0.15, 0.2) is 52.4 Å². The molecule has 3 rings (SSSR count). The largest absolute Gasteiger partial charge is 0.298 e. The molecule has 1 aromatic carbocycles. The lowest BCUT2D eigenvalue weighted by Gasteiger charge is -2.08. The zero-order chi connectivity index (χ0) is 17.9. The molecule has 1 N–H and O–H groups in total. The molecule has 0 aliphatic carbocycles. The molecule has 0 bridgehead atoms. The Morgan fingerprint density at radius 2 is 1.96 bits per heavy atom. The number of aromatic nitrogens is 2. The molecular formula is C16H13N3O3S3. The van der Waals surface area contributed by atoms with Gasteiger partial charge in [0.2, 0.25) is 0 Å². The first-order chi connectivity index (χ1) is 11.9. The number of thiazole rings is 2. The Kier molecular flexibility index (Phi) is 5.07. The van der Waals surface area contributed by atoms with E-state index in [9.17, 15) is 13.2 Å².